The Morgan fingerprint density at radius 2 is 1.34 bits per heavy atom. The smallest absolute Gasteiger partial charge is 0.274 e. The number of amides is 1. The molecule has 0 aliphatic carbocycles. The lowest BCUT2D eigenvalue weighted by Crippen LogP contribution is -2.32. The number of aromatic nitrogens is 4. The first-order chi connectivity index (χ1) is 22.8. The van der Waals surface area contributed by atoms with Crippen LogP contribution >= 0.6 is 0 Å². The van der Waals surface area contributed by atoms with Gasteiger partial charge in [0.25, 0.3) is 17.5 Å². The summed E-state index contributed by atoms with van der Waals surface area (Å²) in [4.78, 5) is 27.7. The van der Waals surface area contributed by atoms with E-state index in [2.05, 4.69) is 35.9 Å². The van der Waals surface area contributed by atoms with Gasteiger partial charge in [0.2, 0.25) is 0 Å². The second-order valence-corrected chi connectivity index (χ2v) is 11.0. The highest BCUT2D eigenvalue weighted by molar-refractivity contribution is 6.07. The summed E-state index contributed by atoms with van der Waals surface area (Å²) in [5.74, 6) is 0.877. The number of aryl methyl sites for hydroxylation is 2. The van der Waals surface area contributed by atoms with Crippen LogP contribution in [0.15, 0.2) is 107 Å². The van der Waals surface area contributed by atoms with Crippen LogP contribution < -0.4 is 35.3 Å². The van der Waals surface area contributed by atoms with Crippen molar-refractivity contribution in [2.75, 3.05) is 42.1 Å². The zero-order valence-corrected chi connectivity index (χ0v) is 26.1. The first-order valence-corrected chi connectivity index (χ1v) is 15.2. The summed E-state index contributed by atoms with van der Waals surface area (Å²) >= 11 is 0. The molecule has 4 aromatic heterocycles. The maximum Gasteiger partial charge on any atom is 0.274 e. The van der Waals surface area contributed by atoms with Gasteiger partial charge in [0.05, 0.1) is 39.6 Å². The maximum absolute atomic E-state index is 13.1. The number of anilines is 3. The van der Waals surface area contributed by atoms with Crippen molar-refractivity contribution in [2.45, 2.75) is 0 Å². The van der Waals surface area contributed by atoms with Crippen LogP contribution in [0.4, 0.5) is 17.3 Å². The Morgan fingerprint density at radius 3 is 2.02 bits per heavy atom. The standard InChI is InChI=1S/C35H35N9O3/c1-43-17-5-3-7-31(43)36-13-15-38-33(45)24-10-12-27-25(19-24)21-30(41-27)35(47)40-26-11-9-23-20-29(42-28(23)22-26)34(46)39-16-14-37-32-8-4-6-18-44(32)2/h3-12,17-22H,13-16H2,1-2H3,(H5,38,39,40,41,42,45,46,47). The van der Waals surface area contributed by atoms with Crippen molar-refractivity contribution in [3.05, 3.63) is 114 Å². The van der Waals surface area contributed by atoms with Gasteiger partial charge < -0.3 is 25.5 Å². The van der Waals surface area contributed by atoms with Gasteiger partial charge in [-0.15, -0.1) is 0 Å². The molecule has 0 aliphatic rings. The van der Waals surface area contributed by atoms with Crippen LogP contribution in [-0.4, -0.2) is 53.8 Å². The normalized spacial score (nSPS) is 12.0. The van der Waals surface area contributed by atoms with Crippen molar-refractivity contribution in [2.24, 2.45) is 24.1 Å². The summed E-state index contributed by atoms with van der Waals surface area (Å²) in [7, 11) is 3.88. The molecular formula is C35H35N9O3. The van der Waals surface area contributed by atoms with Gasteiger partial charge in [-0.05, 0) is 60.0 Å². The number of hydrogen-bond donors (Lipinski definition) is 5. The van der Waals surface area contributed by atoms with Crippen molar-refractivity contribution in [1.82, 2.24) is 9.97 Å². The first-order valence-electron chi connectivity index (χ1n) is 15.2. The number of rotatable bonds is 12. The van der Waals surface area contributed by atoms with Crippen LogP contribution in [0.5, 0.6) is 0 Å². The van der Waals surface area contributed by atoms with E-state index in [0.29, 0.717) is 54.3 Å². The molecule has 12 heteroatoms. The van der Waals surface area contributed by atoms with E-state index in [-0.39, 0.29) is 17.7 Å². The lowest BCUT2D eigenvalue weighted by atomic mass is 10.1. The first kappa shape index (κ1) is 30.8. The molecule has 12 nitrogen and oxygen atoms in total. The van der Waals surface area contributed by atoms with E-state index < -0.39 is 0 Å². The van der Waals surface area contributed by atoms with Crippen LogP contribution in [-0.2, 0) is 14.1 Å². The quantitative estimate of drug-likeness (QED) is 0.0604. The average Bonchev–Trinajstić information content (AvgIpc) is 3.70. The van der Waals surface area contributed by atoms with E-state index in [1.807, 2.05) is 78.1 Å². The van der Waals surface area contributed by atoms with E-state index in [0.717, 1.165) is 27.9 Å². The number of carbonyl (C=O) groups is 1. The number of carbonyl (C=O) groups excluding carboxylic acids is 1. The van der Waals surface area contributed by atoms with Gasteiger partial charge in [-0.3, -0.25) is 25.4 Å². The Labute approximate surface area is 271 Å². The van der Waals surface area contributed by atoms with Crippen molar-refractivity contribution in [3.8, 4) is 0 Å². The molecule has 0 bridgehead atoms. The summed E-state index contributed by atoms with van der Waals surface area (Å²) in [6.07, 6.45) is 3.88. The second kappa shape index (κ2) is 13.9. The Bertz CT molecular complexity index is 2110. The molecule has 0 atom stereocenters. The molecular weight excluding hydrogens is 594 g/mol. The molecule has 0 saturated heterocycles. The minimum Gasteiger partial charge on any atom is -0.858 e. The van der Waals surface area contributed by atoms with Crippen molar-refractivity contribution in [3.63, 3.8) is 0 Å². The molecule has 5 N–H and O–H groups in total. The number of benzene rings is 2. The molecule has 6 rings (SSSR count). The molecule has 0 fully saturated rings. The summed E-state index contributed by atoms with van der Waals surface area (Å²) in [5.41, 5.74) is 3.16. The van der Waals surface area contributed by atoms with Crippen LogP contribution in [0, 0.1) is 0 Å². The summed E-state index contributed by atoms with van der Waals surface area (Å²) in [6, 6.07) is 25.7. The van der Waals surface area contributed by atoms with Gasteiger partial charge in [0, 0.05) is 51.2 Å². The molecule has 0 unspecified atom stereocenters. The van der Waals surface area contributed by atoms with Crippen LogP contribution in [0.1, 0.15) is 21.7 Å². The van der Waals surface area contributed by atoms with Crippen molar-refractivity contribution >= 4 is 56.8 Å². The summed E-state index contributed by atoms with van der Waals surface area (Å²) < 4.78 is 3.91. The fourth-order valence-electron chi connectivity index (χ4n) is 5.18. The number of hydrogen-bond acceptors (Lipinski definition) is 7. The Hall–Kier alpha value is -6.17. The second-order valence-electron chi connectivity index (χ2n) is 11.0. The fourth-order valence-corrected chi connectivity index (χ4v) is 5.18. The van der Waals surface area contributed by atoms with E-state index in [1.165, 1.54) is 0 Å². The van der Waals surface area contributed by atoms with Gasteiger partial charge in [0.15, 0.2) is 0 Å². The highest BCUT2D eigenvalue weighted by Gasteiger charge is 2.12. The number of aliphatic imine (C=N–C) groups is 2. The predicted molar refractivity (Wildman–Crippen MR) is 180 cm³/mol. The van der Waals surface area contributed by atoms with Gasteiger partial charge in [-0.25, -0.2) is 9.13 Å². The molecule has 0 spiro atoms. The highest BCUT2D eigenvalue weighted by atomic mass is 16.3. The molecule has 47 heavy (non-hydrogen) atoms. The fraction of sp³-hybridized carbons (Fsp3) is 0.171. The number of aromatic amines is 2. The number of nitrogens with one attached hydrogen (secondary N) is 5. The zero-order valence-electron chi connectivity index (χ0n) is 26.1. The topological polar surface area (TPSA) is 163 Å². The number of pyridine rings is 2. The number of H-pyrrole nitrogens is 2. The third-order valence-electron chi connectivity index (χ3n) is 7.68. The van der Waals surface area contributed by atoms with Gasteiger partial charge >= 0.3 is 0 Å². The monoisotopic (exact) mass is 629 g/mol. The summed E-state index contributed by atoms with van der Waals surface area (Å²) in [5, 5.41) is 36.4. The Morgan fingerprint density at radius 1 is 0.702 bits per heavy atom. The lowest BCUT2D eigenvalue weighted by molar-refractivity contribution is -0.657. The highest BCUT2D eigenvalue weighted by Crippen LogP contribution is 2.22. The molecule has 2 aromatic carbocycles. The number of fused-ring (bicyclic) bond motifs is 2. The molecule has 0 radical (unpaired) electrons. The Balaban J connectivity index is 1.06. The van der Waals surface area contributed by atoms with Gasteiger partial charge in [-0.2, -0.15) is 0 Å². The minimum absolute atomic E-state index is 0.318. The van der Waals surface area contributed by atoms with E-state index in [4.69, 9.17) is 0 Å². The predicted octanol–water partition coefficient (Wildman–Crippen LogP) is 1.99. The average molecular weight is 630 g/mol. The van der Waals surface area contributed by atoms with E-state index in [9.17, 15) is 15.0 Å². The molecule has 0 aliphatic heterocycles. The van der Waals surface area contributed by atoms with Gasteiger partial charge in [0.1, 0.15) is 18.8 Å². The third-order valence-corrected chi connectivity index (χ3v) is 7.68. The number of nitrogens with zero attached hydrogens (tertiary/aromatic N) is 4. The van der Waals surface area contributed by atoms with Gasteiger partial charge in [-0.1, -0.05) is 24.3 Å². The lowest BCUT2D eigenvalue weighted by Gasteiger charge is -2.11. The minimum atomic E-state index is -0.340. The zero-order chi connectivity index (χ0) is 32.8. The molecule has 6 aromatic rings. The molecule has 4 heterocycles. The molecule has 1 amide bonds. The largest absolute Gasteiger partial charge is 0.858 e. The van der Waals surface area contributed by atoms with Crippen LogP contribution in [0.25, 0.3) is 21.8 Å². The van der Waals surface area contributed by atoms with Crippen LogP contribution in [0.2, 0.25) is 0 Å². The third kappa shape index (κ3) is 7.39. The van der Waals surface area contributed by atoms with E-state index in [1.54, 1.807) is 42.5 Å². The molecule has 238 valence electrons. The maximum atomic E-state index is 13.1. The SMILES string of the molecule is C[n+]1ccccc1NCCN=C([O-])c1ccc2[nH]c(C(=O)Nc3ccc4cc(C([O-])=NCCNc5cccc[n+]5C)[nH]c4c3)cc2c1. The summed E-state index contributed by atoms with van der Waals surface area (Å²) in [6.45, 7) is 1.69. The molecule has 0 saturated carbocycles. The van der Waals surface area contributed by atoms with Crippen molar-refractivity contribution in [1.29, 1.82) is 0 Å². The van der Waals surface area contributed by atoms with Crippen molar-refractivity contribution < 1.29 is 24.1 Å². The Kier molecular flexibility index (Phi) is 9.09. The van der Waals surface area contributed by atoms with E-state index >= 15 is 0 Å². The van der Waals surface area contributed by atoms with Crippen LogP contribution in [0.3, 0.4) is 0 Å².